The lowest BCUT2D eigenvalue weighted by molar-refractivity contribution is -0.138. The summed E-state index contributed by atoms with van der Waals surface area (Å²) in [6, 6.07) is 8.34. The highest BCUT2D eigenvalue weighted by molar-refractivity contribution is 7.11. The number of carbonyl (C=O) groups is 2. The van der Waals surface area contributed by atoms with Crippen LogP contribution in [0.3, 0.4) is 0 Å². The molecule has 0 bridgehead atoms. The Kier molecular flexibility index (Phi) is 6.97. The summed E-state index contributed by atoms with van der Waals surface area (Å²) >= 11 is 1.51. The number of amidine groups is 1. The Hall–Kier alpha value is -3.04. The number of ether oxygens (including phenoxy) is 1. The van der Waals surface area contributed by atoms with E-state index in [-0.39, 0.29) is 30.3 Å². The maximum atomic E-state index is 13.2. The van der Waals surface area contributed by atoms with Crippen molar-refractivity contribution in [2.45, 2.75) is 26.7 Å². The first-order chi connectivity index (χ1) is 17.1. The second-order valence-corrected chi connectivity index (χ2v) is 10.1. The van der Waals surface area contributed by atoms with Crippen molar-refractivity contribution < 1.29 is 14.3 Å². The molecule has 0 saturated carbocycles. The molecule has 2 fully saturated rings. The van der Waals surface area contributed by atoms with Crippen LogP contribution in [0.4, 0.5) is 5.69 Å². The number of esters is 1. The zero-order valence-electron chi connectivity index (χ0n) is 20.2. The molecular weight excluding hydrogens is 462 g/mol. The molecule has 3 aliphatic heterocycles. The van der Waals surface area contributed by atoms with E-state index in [1.807, 2.05) is 17.2 Å². The second-order valence-electron chi connectivity index (χ2n) is 9.16. The Morgan fingerprint density at radius 2 is 2.06 bits per heavy atom. The molecular formula is C26H31N5O3S. The summed E-state index contributed by atoms with van der Waals surface area (Å²) in [5.41, 5.74) is 3.64. The molecule has 1 aromatic carbocycles. The Morgan fingerprint density at radius 3 is 2.77 bits per heavy atom. The van der Waals surface area contributed by atoms with Gasteiger partial charge in [-0.3, -0.25) is 14.7 Å². The van der Waals surface area contributed by atoms with Gasteiger partial charge in [-0.1, -0.05) is 19.1 Å². The SMILES string of the molecule is CCOC(=O)C1=C(CN2CCC3C(=O)N(c4ccc(CC)cc4)CC3C2)NC(c2nccs2)=NC1. The lowest BCUT2D eigenvalue weighted by atomic mass is 9.88. The number of nitrogens with zero attached hydrogens (tertiary/aromatic N) is 4. The molecule has 2 atom stereocenters. The van der Waals surface area contributed by atoms with E-state index in [0.717, 1.165) is 48.9 Å². The third-order valence-corrected chi connectivity index (χ3v) is 7.82. The molecule has 5 rings (SSSR count). The summed E-state index contributed by atoms with van der Waals surface area (Å²) in [6.07, 6.45) is 3.56. The number of aliphatic imine (C=N–C) groups is 1. The van der Waals surface area contributed by atoms with E-state index >= 15 is 0 Å². The summed E-state index contributed by atoms with van der Waals surface area (Å²) in [6.45, 7) is 7.47. The molecule has 1 amide bonds. The molecule has 184 valence electrons. The van der Waals surface area contributed by atoms with E-state index < -0.39 is 0 Å². The fourth-order valence-electron chi connectivity index (χ4n) is 5.17. The molecule has 2 unspecified atom stereocenters. The maximum absolute atomic E-state index is 13.2. The molecule has 0 spiro atoms. The first-order valence-electron chi connectivity index (χ1n) is 12.3. The van der Waals surface area contributed by atoms with E-state index in [4.69, 9.17) is 4.74 Å². The number of anilines is 1. The van der Waals surface area contributed by atoms with Crippen LogP contribution in [-0.2, 0) is 20.7 Å². The lowest BCUT2D eigenvalue weighted by Crippen LogP contribution is -2.45. The number of rotatable bonds is 7. The van der Waals surface area contributed by atoms with Crippen LogP contribution in [0.1, 0.15) is 30.8 Å². The smallest absolute Gasteiger partial charge is 0.337 e. The molecule has 8 nitrogen and oxygen atoms in total. The fourth-order valence-corrected chi connectivity index (χ4v) is 5.77. The van der Waals surface area contributed by atoms with Crippen molar-refractivity contribution in [3.63, 3.8) is 0 Å². The molecule has 2 aromatic rings. The minimum Gasteiger partial charge on any atom is -0.463 e. The topological polar surface area (TPSA) is 87.1 Å². The highest BCUT2D eigenvalue weighted by Gasteiger charge is 2.44. The van der Waals surface area contributed by atoms with Gasteiger partial charge in [0, 0.05) is 54.4 Å². The van der Waals surface area contributed by atoms with Gasteiger partial charge in [0.25, 0.3) is 0 Å². The maximum Gasteiger partial charge on any atom is 0.337 e. The monoisotopic (exact) mass is 493 g/mol. The van der Waals surface area contributed by atoms with Gasteiger partial charge in [-0.05, 0) is 44.0 Å². The second kappa shape index (κ2) is 10.3. The first-order valence-corrected chi connectivity index (χ1v) is 13.2. The van der Waals surface area contributed by atoms with Crippen LogP contribution in [-0.4, -0.2) is 66.9 Å². The quantitative estimate of drug-likeness (QED) is 0.597. The van der Waals surface area contributed by atoms with Gasteiger partial charge in [0.15, 0.2) is 10.8 Å². The van der Waals surface area contributed by atoms with Gasteiger partial charge in [-0.2, -0.15) is 0 Å². The van der Waals surface area contributed by atoms with Crippen molar-refractivity contribution in [2.24, 2.45) is 16.8 Å². The van der Waals surface area contributed by atoms with Crippen molar-refractivity contribution >= 4 is 34.7 Å². The molecule has 9 heteroatoms. The van der Waals surface area contributed by atoms with Gasteiger partial charge >= 0.3 is 5.97 Å². The molecule has 3 aliphatic rings. The Bertz CT molecular complexity index is 1140. The number of thiazole rings is 1. The average molecular weight is 494 g/mol. The number of hydrogen-bond donors (Lipinski definition) is 1. The molecule has 0 radical (unpaired) electrons. The molecule has 4 heterocycles. The van der Waals surface area contributed by atoms with Crippen molar-refractivity contribution in [3.8, 4) is 0 Å². The molecule has 1 aromatic heterocycles. The number of piperidine rings is 1. The zero-order chi connectivity index (χ0) is 24.4. The highest BCUT2D eigenvalue weighted by atomic mass is 32.1. The first kappa shape index (κ1) is 23.7. The standard InChI is InChI=1S/C26H31N5O3S/c1-3-17-5-7-19(8-6-17)31-15-18-14-30(11-9-20(18)25(31)32)16-22-21(26(33)34-4-2)13-28-23(29-22)24-27-10-12-35-24/h5-8,10,12,18,20H,3-4,9,11,13-16H2,1-2H3,(H,28,29). The van der Waals surface area contributed by atoms with Crippen molar-refractivity contribution in [3.05, 3.63) is 57.7 Å². The van der Waals surface area contributed by atoms with Gasteiger partial charge < -0.3 is 15.0 Å². The van der Waals surface area contributed by atoms with Gasteiger partial charge in [-0.25, -0.2) is 9.78 Å². The van der Waals surface area contributed by atoms with Crippen LogP contribution in [0, 0.1) is 11.8 Å². The Morgan fingerprint density at radius 1 is 1.23 bits per heavy atom. The number of fused-ring (bicyclic) bond motifs is 1. The fraction of sp³-hybridized carbons (Fsp3) is 0.462. The number of benzene rings is 1. The minimum absolute atomic E-state index is 0.0577. The number of aryl methyl sites for hydroxylation is 1. The van der Waals surface area contributed by atoms with E-state index in [9.17, 15) is 9.59 Å². The zero-order valence-corrected chi connectivity index (χ0v) is 21.0. The highest BCUT2D eigenvalue weighted by Crippen LogP contribution is 2.35. The van der Waals surface area contributed by atoms with Crippen molar-refractivity contribution in [1.29, 1.82) is 0 Å². The predicted octanol–water partition coefficient (Wildman–Crippen LogP) is 2.86. The van der Waals surface area contributed by atoms with E-state index in [1.165, 1.54) is 16.9 Å². The summed E-state index contributed by atoms with van der Waals surface area (Å²) < 4.78 is 5.30. The van der Waals surface area contributed by atoms with Crippen molar-refractivity contribution in [1.82, 2.24) is 15.2 Å². The van der Waals surface area contributed by atoms with Crippen LogP contribution in [0.2, 0.25) is 0 Å². The number of hydrogen-bond acceptors (Lipinski definition) is 8. The summed E-state index contributed by atoms with van der Waals surface area (Å²) in [5, 5.41) is 6.08. The summed E-state index contributed by atoms with van der Waals surface area (Å²) in [4.78, 5) is 39.0. The van der Waals surface area contributed by atoms with Crippen LogP contribution >= 0.6 is 11.3 Å². The Balaban J connectivity index is 1.29. The molecule has 35 heavy (non-hydrogen) atoms. The minimum atomic E-state index is -0.329. The van der Waals surface area contributed by atoms with Gasteiger partial charge in [0.2, 0.25) is 5.91 Å². The largest absolute Gasteiger partial charge is 0.463 e. The third-order valence-electron chi connectivity index (χ3n) is 7.04. The number of likely N-dealkylation sites (tertiary alicyclic amines) is 1. The summed E-state index contributed by atoms with van der Waals surface area (Å²) in [5.74, 6) is 0.923. The normalized spacial score (nSPS) is 22.6. The van der Waals surface area contributed by atoms with Gasteiger partial charge in [0.1, 0.15) is 0 Å². The average Bonchev–Trinajstić information content (AvgIpc) is 3.53. The van der Waals surface area contributed by atoms with Gasteiger partial charge in [-0.15, -0.1) is 11.3 Å². The number of amides is 1. The summed E-state index contributed by atoms with van der Waals surface area (Å²) in [7, 11) is 0. The van der Waals surface area contributed by atoms with Gasteiger partial charge in [0.05, 0.1) is 18.7 Å². The van der Waals surface area contributed by atoms with E-state index in [2.05, 4.69) is 51.4 Å². The third kappa shape index (κ3) is 4.88. The molecule has 2 saturated heterocycles. The lowest BCUT2D eigenvalue weighted by Gasteiger charge is -2.34. The van der Waals surface area contributed by atoms with E-state index in [0.29, 0.717) is 24.6 Å². The number of aromatic nitrogens is 1. The number of carbonyl (C=O) groups excluding carboxylic acids is 2. The molecule has 1 N–H and O–H groups in total. The Labute approximate surface area is 209 Å². The molecule has 0 aliphatic carbocycles. The van der Waals surface area contributed by atoms with Crippen LogP contribution in [0.25, 0.3) is 0 Å². The predicted molar refractivity (Wildman–Crippen MR) is 137 cm³/mol. The number of nitrogens with one attached hydrogen (secondary N) is 1. The van der Waals surface area contributed by atoms with Crippen LogP contribution in [0.15, 0.2) is 52.1 Å². The van der Waals surface area contributed by atoms with E-state index in [1.54, 1.807) is 6.20 Å². The van der Waals surface area contributed by atoms with Crippen molar-refractivity contribution in [2.75, 3.05) is 44.2 Å². The van der Waals surface area contributed by atoms with Crippen LogP contribution in [0.5, 0.6) is 0 Å². The van der Waals surface area contributed by atoms with Crippen LogP contribution < -0.4 is 10.2 Å².